The zero-order valence-electron chi connectivity index (χ0n) is 6.99. The molecule has 0 saturated carbocycles. The SMILES string of the molecule is C1=Cc2ccc3sccc3c2SC1. The Labute approximate surface area is 85.3 Å². The standard InChI is InChI=1S/C11H8S2/c1-2-8-3-4-10-9(5-7-12-10)11(8)13-6-1/h1-5,7H,6H2. The van der Waals surface area contributed by atoms with Gasteiger partial charge in [-0.2, -0.15) is 0 Å². The van der Waals surface area contributed by atoms with Gasteiger partial charge in [-0.3, -0.25) is 0 Å². The molecule has 0 fully saturated rings. The first-order valence-electron chi connectivity index (χ1n) is 4.25. The van der Waals surface area contributed by atoms with Crippen molar-refractivity contribution in [3.8, 4) is 0 Å². The maximum atomic E-state index is 2.23. The molecule has 0 aliphatic carbocycles. The van der Waals surface area contributed by atoms with E-state index in [1.807, 2.05) is 23.1 Å². The Morgan fingerprint density at radius 3 is 3.15 bits per heavy atom. The van der Waals surface area contributed by atoms with E-state index in [1.165, 1.54) is 20.5 Å². The highest BCUT2D eigenvalue weighted by Gasteiger charge is 2.09. The first kappa shape index (κ1) is 7.65. The average molecular weight is 204 g/mol. The molecule has 2 heteroatoms. The van der Waals surface area contributed by atoms with Crippen molar-refractivity contribution in [2.75, 3.05) is 5.75 Å². The Bertz CT molecular complexity index is 480. The second-order valence-corrected chi connectivity index (χ2v) is 5.01. The third-order valence-corrected chi connectivity index (χ3v) is 4.22. The molecular weight excluding hydrogens is 196 g/mol. The van der Waals surface area contributed by atoms with Crippen LogP contribution in [0.5, 0.6) is 0 Å². The Hall–Kier alpha value is -0.730. The predicted molar refractivity (Wildman–Crippen MR) is 61.6 cm³/mol. The van der Waals surface area contributed by atoms with Crippen LogP contribution in [0.3, 0.4) is 0 Å². The van der Waals surface area contributed by atoms with Crippen LogP contribution >= 0.6 is 23.1 Å². The zero-order chi connectivity index (χ0) is 8.67. The second-order valence-electron chi connectivity index (χ2n) is 3.03. The maximum absolute atomic E-state index is 2.23. The van der Waals surface area contributed by atoms with E-state index in [9.17, 15) is 0 Å². The number of thiophene rings is 1. The minimum atomic E-state index is 1.11. The van der Waals surface area contributed by atoms with Crippen molar-refractivity contribution in [3.05, 3.63) is 35.2 Å². The molecule has 0 amide bonds. The third-order valence-electron chi connectivity index (χ3n) is 2.24. The molecule has 0 saturated heterocycles. The molecular formula is C11H8S2. The molecule has 1 aliphatic rings. The van der Waals surface area contributed by atoms with Gasteiger partial charge in [0.1, 0.15) is 0 Å². The van der Waals surface area contributed by atoms with Crippen LogP contribution in [0.1, 0.15) is 5.56 Å². The summed E-state index contributed by atoms with van der Waals surface area (Å²) < 4.78 is 1.40. The van der Waals surface area contributed by atoms with Crippen LogP contribution < -0.4 is 0 Å². The lowest BCUT2D eigenvalue weighted by molar-refractivity contribution is 1.48. The molecule has 1 aliphatic heterocycles. The van der Waals surface area contributed by atoms with E-state index in [2.05, 4.69) is 35.7 Å². The number of rotatable bonds is 0. The summed E-state index contributed by atoms with van der Waals surface area (Å²) >= 11 is 3.77. The minimum Gasteiger partial charge on any atom is -0.144 e. The van der Waals surface area contributed by atoms with Gasteiger partial charge in [0.25, 0.3) is 0 Å². The summed E-state index contributed by atoms with van der Waals surface area (Å²) in [5.74, 6) is 1.11. The molecule has 0 atom stereocenters. The van der Waals surface area contributed by atoms with Crippen LogP contribution in [0, 0.1) is 0 Å². The van der Waals surface area contributed by atoms with E-state index in [1.54, 1.807) is 0 Å². The molecule has 13 heavy (non-hydrogen) atoms. The van der Waals surface area contributed by atoms with Gasteiger partial charge in [0, 0.05) is 20.7 Å². The summed E-state index contributed by atoms with van der Waals surface area (Å²) in [4.78, 5) is 1.46. The second kappa shape index (κ2) is 2.89. The number of benzene rings is 1. The summed E-state index contributed by atoms with van der Waals surface area (Å²) in [6.45, 7) is 0. The fourth-order valence-electron chi connectivity index (χ4n) is 1.63. The topological polar surface area (TPSA) is 0 Å². The average Bonchev–Trinajstić information content (AvgIpc) is 2.65. The Kier molecular flexibility index (Phi) is 1.70. The molecule has 2 heterocycles. The summed E-state index contributed by atoms with van der Waals surface area (Å²) in [7, 11) is 0. The van der Waals surface area contributed by atoms with Crippen molar-refractivity contribution in [2.45, 2.75) is 4.90 Å². The van der Waals surface area contributed by atoms with Crippen LogP contribution in [0.25, 0.3) is 16.2 Å². The molecule has 3 rings (SSSR count). The molecule has 64 valence electrons. The zero-order valence-corrected chi connectivity index (χ0v) is 8.62. The Balaban J connectivity index is 2.42. The van der Waals surface area contributed by atoms with Gasteiger partial charge in [-0.1, -0.05) is 18.2 Å². The highest BCUT2D eigenvalue weighted by atomic mass is 32.2. The lowest BCUT2D eigenvalue weighted by Crippen LogP contribution is -1.86. The van der Waals surface area contributed by atoms with E-state index in [4.69, 9.17) is 0 Å². The third kappa shape index (κ3) is 1.13. The largest absolute Gasteiger partial charge is 0.144 e. The van der Waals surface area contributed by atoms with Crippen molar-refractivity contribution in [1.29, 1.82) is 0 Å². The highest BCUT2D eigenvalue weighted by Crippen LogP contribution is 2.37. The number of thioether (sulfide) groups is 1. The molecule has 2 aromatic rings. The van der Waals surface area contributed by atoms with Gasteiger partial charge in [0.2, 0.25) is 0 Å². The number of hydrogen-bond donors (Lipinski definition) is 0. The van der Waals surface area contributed by atoms with Crippen LogP contribution in [0.2, 0.25) is 0 Å². The smallest absolute Gasteiger partial charge is 0.0354 e. The van der Waals surface area contributed by atoms with Gasteiger partial charge in [0.05, 0.1) is 0 Å². The molecule has 0 bridgehead atoms. The van der Waals surface area contributed by atoms with Crippen LogP contribution in [0.4, 0.5) is 0 Å². The molecule has 0 spiro atoms. The van der Waals surface area contributed by atoms with Gasteiger partial charge in [-0.05, 0) is 23.1 Å². The molecule has 0 unspecified atom stereocenters. The lowest BCUT2D eigenvalue weighted by Gasteiger charge is -2.10. The van der Waals surface area contributed by atoms with Crippen molar-refractivity contribution < 1.29 is 0 Å². The van der Waals surface area contributed by atoms with E-state index in [0.29, 0.717) is 0 Å². The number of hydrogen-bond acceptors (Lipinski definition) is 2. The predicted octanol–water partition coefficient (Wildman–Crippen LogP) is 4.02. The van der Waals surface area contributed by atoms with Crippen LogP contribution in [-0.2, 0) is 0 Å². The molecule has 0 nitrogen and oxygen atoms in total. The Morgan fingerprint density at radius 2 is 2.15 bits per heavy atom. The van der Waals surface area contributed by atoms with Crippen molar-refractivity contribution in [3.63, 3.8) is 0 Å². The normalized spacial score (nSPS) is 14.8. The monoisotopic (exact) mass is 204 g/mol. The van der Waals surface area contributed by atoms with Crippen molar-refractivity contribution in [1.82, 2.24) is 0 Å². The summed E-state index contributed by atoms with van der Waals surface area (Å²) in [5.41, 5.74) is 1.38. The van der Waals surface area contributed by atoms with Crippen molar-refractivity contribution >= 4 is 39.3 Å². The van der Waals surface area contributed by atoms with Crippen LogP contribution in [-0.4, -0.2) is 5.75 Å². The summed E-state index contributed by atoms with van der Waals surface area (Å²) in [6.07, 6.45) is 4.45. The van der Waals surface area contributed by atoms with E-state index in [0.717, 1.165) is 5.75 Å². The minimum absolute atomic E-state index is 1.11. The van der Waals surface area contributed by atoms with E-state index >= 15 is 0 Å². The van der Waals surface area contributed by atoms with Crippen LogP contribution in [0.15, 0.2) is 34.6 Å². The molecule has 0 N–H and O–H groups in total. The first-order valence-corrected chi connectivity index (χ1v) is 6.11. The Morgan fingerprint density at radius 1 is 1.15 bits per heavy atom. The van der Waals surface area contributed by atoms with Gasteiger partial charge in [-0.25, -0.2) is 0 Å². The fourth-order valence-corrected chi connectivity index (χ4v) is 3.49. The molecule has 0 radical (unpaired) electrons. The van der Waals surface area contributed by atoms with Gasteiger partial charge in [-0.15, -0.1) is 23.1 Å². The first-order chi connectivity index (χ1) is 6.45. The van der Waals surface area contributed by atoms with E-state index in [-0.39, 0.29) is 0 Å². The summed E-state index contributed by atoms with van der Waals surface area (Å²) in [5, 5.41) is 3.60. The summed E-state index contributed by atoms with van der Waals surface area (Å²) in [6, 6.07) is 6.66. The maximum Gasteiger partial charge on any atom is 0.0354 e. The lowest BCUT2D eigenvalue weighted by atomic mass is 10.1. The number of fused-ring (bicyclic) bond motifs is 3. The quantitative estimate of drug-likeness (QED) is 0.624. The van der Waals surface area contributed by atoms with Gasteiger partial charge < -0.3 is 0 Å². The molecule has 1 aromatic heterocycles. The highest BCUT2D eigenvalue weighted by molar-refractivity contribution is 7.99. The van der Waals surface area contributed by atoms with E-state index < -0.39 is 0 Å². The van der Waals surface area contributed by atoms with Gasteiger partial charge in [0.15, 0.2) is 0 Å². The van der Waals surface area contributed by atoms with Gasteiger partial charge >= 0.3 is 0 Å². The molecule has 1 aromatic carbocycles. The van der Waals surface area contributed by atoms with Crippen molar-refractivity contribution in [2.24, 2.45) is 0 Å². The fraction of sp³-hybridized carbons (Fsp3) is 0.0909.